The van der Waals surface area contributed by atoms with Crippen LogP contribution in [-0.2, 0) is 5.75 Å². The SMILES string of the molecule is COc1ccc(-n2c(SCc3ccc4c(c3)OCO4)nc3ccccc3c2=O)cc1. The Balaban J connectivity index is 1.56. The third-order valence-electron chi connectivity index (χ3n) is 4.88. The number of methoxy groups -OCH3 is 1. The minimum atomic E-state index is -0.0982. The molecule has 5 rings (SSSR count). The molecule has 1 aliphatic heterocycles. The third-order valence-corrected chi connectivity index (χ3v) is 5.89. The van der Waals surface area contributed by atoms with Gasteiger partial charge in [-0.05, 0) is 54.1 Å². The molecule has 4 aromatic rings. The molecule has 0 fully saturated rings. The maximum absolute atomic E-state index is 13.3. The summed E-state index contributed by atoms with van der Waals surface area (Å²) in [6.45, 7) is 0.245. The van der Waals surface area contributed by atoms with Crippen LogP contribution in [0.1, 0.15) is 5.56 Å². The van der Waals surface area contributed by atoms with E-state index in [0.717, 1.165) is 28.5 Å². The van der Waals surface area contributed by atoms with Crippen molar-refractivity contribution in [2.24, 2.45) is 0 Å². The summed E-state index contributed by atoms with van der Waals surface area (Å²) in [5.74, 6) is 2.86. The first-order valence-electron chi connectivity index (χ1n) is 9.40. The molecule has 6 nitrogen and oxygen atoms in total. The van der Waals surface area contributed by atoms with Crippen LogP contribution in [0.5, 0.6) is 17.2 Å². The summed E-state index contributed by atoms with van der Waals surface area (Å²) in [6, 6.07) is 20.7. The van der Waals surface area contributed by atoms with Gasteiger partial charge in [-0.1, -0.05) is 30.0 Å². The number of hydrogen-bond donors (Lipinski definition) is 0. The zero-order valence-electron chi connectivity index (χ0n) is 16.2. The quantitative estimate of drug-likeness (QED) is 0.353. The van der Waals surface area contributed by atoms with E-state index in [0.29, 0.717) is 21.8 Å². The van der Waals surface area contributed by atoms with Crippen molar-refractivity contribution in [3.8, 4) is 22.9 Å². The van der Waals surface area contributed by atoms with Gasteiger partial charge in [-0.3, -0.25) is 9.36 Å². The van der Waals surface area contributed by atoms with E-state index in [1.54, 1.807) is 17.7 Å². The highest BCUT2D eigenvalue weighted by molar-refractivity contribution is 7.98. The molecule has 0 bridgehead atoms. The van der Waals surface area contributed by atoms with Gasteiger partial charge >= 0.3 is 0 Å². The fourth-order valence-electron chi connectivity index (χ4n) is 3.35. The van der Waals surface area contributed by atoms with Crippen molar-refractivity contribution in [1.29, 1.82) is 0 Å². The van der Waals surface area contributed by atoms with Crippen molar-refractivity contribution in [2.45, 2.75) is 10.9 Å². The molecule has 7 heteroatoms. The predicted molar refractivity (Wildman–Crippen MR) is 116 cm³/mol. The van der Waals surface area contributed by atoms with Crippen LogP contribution >= 0.6 is 11.8 Å². The number of nitrogens with zero attached hydrogens (tertiary/aromatic N) is 2. The first kappa shape index (κ1) is 18.6. The summed E-state index contributed by atoms with van der Waals surface area (Å²) < 4.78 is 17.7. The highest BCUT2D eigenvalue weighted by Gasteiger charge is 2.16. The molecule has 0 saturated heterocycles. The number of rotatable bonds is 5. The molecule has 150 valence electrons. The molecule has 0 N–H and O–H groups in total. The molecule has 0 aliphatic carbocycles. The smallest absolute Gasteiger partial charge is 0.266 e. The summed E-state index contributed by atoms with van der Waals surface area (Å²) in [5.41, 5.74) is 2.39. The van der Waals surface area contributed by atoms with E-state index >= 15 is 0 Å². The van der Waals surface area contributed by atoms with Crippen molar-refractivity contribution < 1.29 is 14.2 Å². The van der Waals surface area contributed by atoms with Crippen molar-refractivity contribution in [1.82, 2.24) is 9.55 Å². The molecular formula is C23H18N2O4S. The van der Waals surface area contributed by atoms with Gasteiger partial charge in [0.2, 0.25) is 6.79 Å². The molecule has 1 aliphatic rings. The van der Waals surface area contributed by atoms with Gasteiger partial charge in [0.15, 0.2) is 16.7 Å². The molecule has 1 aromatic heterocycles. The molecule has 2 heterocycles. The Bertz CT molecular complexity index is 1280. The number of hydrogen-bond acceptors (Lipinski definition) is 6. The number of benzene rings is 3. The van der Waals surface area contributed by atoms with Crippen molar-refractivity contribution in [3.05, 3.63) is 82.6 Å². The lowest BCUT2D eigenvalue weighted by Gasteiger charge is -2.14. The number of para-hydroxylation sites is 1. The molecule has 30 heavy (non-hydrogen) atoms. The minimum Gasteiger partial charge on any atom is -0.497 e. The van der Waals surface area contributed by atoms with Crippen LogP contribution in [0.2, 0.25) is 0 Å². The summed E-state index contributed by atoms with van der Waals surface area (Å²) >= 11 is 1.50. The Labute approximate surface area is 177 Å². The zero-order chi connectivity index (χ0) is 20.5. The number of fused-ring (bicyclic) bond motifs is 2. The summed E-state index contributed by atoms with van der Waals surface area (Å²) in [7, 11) is 1.62. The van der Waals surface area contributed by atoms with Crippen LogP contribution in [-0.4, -0.2) is 23.5 Å². The molecule has 0 radical (unpaired) electrons. The van der Waals surface area contributed by atoms with E-state index in [1.165, 1.54) is 11.8 Å². The van der Waals surface area contributed by atoms with E-state index < -0.39 is 0 Å². The zero-order valence-corrected chi connectivity index (χ0v) is 17.0. The van der Waals surface area contributed by atoms with Crippen LogP contribution < -0.4 is 19.8 Å². The predicted octanol–water partition coefficient (Wildman–Crippen LogP) is 4.42. The fourth-order valence-corrected chi connectivity index (χ4v) is 4.30. The van der Waals surface area contributed by atoms with E-state index in [4.69, 9.17) is 19.2 Å². The lowest BCUT2D eigenvalue weighted by Crippen LogP contribution is -2.21. The molecule has 0 spiro atoms. The van der Waals surface area contributed by atoms with E-state index in [-0.39, 0.29) is 12.4 Å². The Morgan fingerprint density at radius 2 is 1.83 bits per heavy atom. The average molecular weight is 418 g/mol. The second-order valence-corrected chi connectivity index (χ2v) is 7.67. The molecule has 0 saturated carbocycles. The largest absolute Gasteiger partial charge is 0.497 e. The maximum atomic E-state index is 13.3. The van der Waals surface area contributed by atoms with Crippen LogP contribution in [0.15, 0.2) is 76.7 Å². The lowest BCUT2D eigenvalue weighted by atomic mass is 10.2. The number of ether oxygens (including phenoxy) is 3. The standard InChI is InChI=1S/C23H18N2O4S/c1-27-17-9-7-16(8-10-17)25-22(26)18-4-2-3-5-19(18)24-23(25)30-13-15-6-11-20-21(12-15)29-14-28-20/h2-12H,13-14H2,1H3. The summed E-state index contributed by atoms with van der Waals surface area (Å²) in [4.78, 5) is 18.1. The highest BCUT2D eigenvalue weighted by Crippen LogP contribution is 2.34. The highest BCUT2D eigenvalue weighted by atomic mass is 32.2. The molecule has 0 unspecified atom stereocenters. The van der Waals surface area contributed by atoms with Gasteiger partial charge in [0, 0.05) is 5.75 Å². The third kappa shape index (κ3) is 3.37. The average Bonchev–Trinajstić information content (AvgIpc) is 3.26. The van der Waals surface area contributed by atoms with Crippen molar-refractivity contribution >= 4 is 22.7 Å². The van der Waals surface area contributed by atoms with Crippen molar-refractivity contribution in [3.63, 3.8) is 0 Å². The van der Waals surface area contributed by atoms with Gasteiger partial charge in [-0.15, -0.1) is 0 Å². The first-order chi connectivity index (χ1) is 14.7. The molecule has 0 amide bonds. The first-order valence-corrected chi connectivity index (χ1v) is 10.4. The van der Waals surface area contributed by atoms with Gasteiger partial charge in [-0.2, -0.15) is 0 Å². The molecule has 0 atom stereocenters. The normalized spacial score (nSPS) is 12.3. The Kier molecular flexibility index (Phi) is 4.80. The number of aromatic nitrogens is 2. The van der Waals surface area contributed by atoms with E-state index in [1.807, 2.05) is 60.7 Å². The van der Waals surface area contributed by atoms with Crippen molar-refractivity contribution in [2.75, 3.05) is 13.9 Å². The monoisotopic (exact) mass is 418 g/mol. The lowest BCUT2D eigenvalue weighted by molar-refractivity contribution is 0.174. The second-order valence-electron chi connectivity index (χ2n) is 6.73. The molecule has 3 aromatic carbocycles. The summed E-state index contributed by atoms with van der Waals surface area (Å²) in [5, 5.41) is 1.21. The van der Waals surface area contributed by atoms with Crippen LogP contribution in [0, 0.1) is 0 Å². The number of thioether (sulfide) groups is 1. The van der Waals surface area contributed by atoms with Gasteiger partial charge in [-0.25, -0.2) is 4.98 Å². The van der Waals surface area contributed by atoms with Crippen LogP contribution in [0.3, 0.4) is 0 Å². The minimum absolute atomic E-state index is 0.0982. The van der Waals surface area contributed by atoms with Gasteiger partial charge in [0.05, 0.1) is 23.7 Å². The van der Waals surface area contributed by atoms with E-state index in [9.17, 15) is 4.79 Å². The maximum Gasteiger partial charge on any atom is 0.266 e. The Morgan fingerprint density at radius 1 is 1.03 bits per heavy atom. The molecular weight excluding hydrogens is 400 g/mol. The Hall–Kier alpha value is -3.45. The summed E-state index contributed by atoms with van der Waals surface area (Å²) in [6.07, 6.45) is 0. The fraction of sp³-hybridized carbons (Fsp3) is 0.130. The second kappa shape index (κ2) is 7.76. The van der Waals surface area contributed by atoms with Gasteiger partial charge < -0.3 is 14.2 Å². The Morgan fingerprint density at radius 3 is 2.67 bits per heavy atom. The van der Waals surface area contributed by atoms with E-state index in [2.05, 4.69) is 0 Å². The van der Waals surface area contributed by atoms with Crippen LogP contribution in [0.4, 0.5) is 0 Å². The van der Waals surface area contributed by atoms with Gasteiger partial charge in [0.1, 0.15) is 5.75 Å². The van der Waals surface area contributed by atoms with Crippen LogP contribution in [0.25, 0.3) is 16.6 Å². The topological polar surface area (TPSA) is 62.6 Å². The van der Waals surface area contributed by atoms with Gasteiger partial charge in [0.25, 0.3) is 5.56 Å².